The number of hydrogen-bond acceptors (Lipinski definition) is 2. The van der Waals surface area contributed by atoms with E-state index in [4.69, 9.17) is 0 Å². The van der Waals surface area contributed by atoms with Gasteiger partial charge in [-0.05, 0) is 46.1 Å². The number of rotatable bonds is 4. The van der Waals surface area contributed by atoms with Crippen LogP contribution in [0.4, 0.5) is 0 Å². The van der Waals surface area contributed by atoms with Crippen molar-refractivity contribution in [2.24, 2.45) is 0 Å². The predicted molar refractivity (Wildman–Crippen MR) is 62.0 cm³/mol. The van der Waals surface area contributed by atoms with Gasteiger partial charge in [-0.2, -0.15) is 5.10 Å². The van der Waals surface area contributed by atoms with Crippen LogP contribution in [0, 0.1) is 13.8 Å². The van der Waals surface area contributed by atoms with Crippen LogP contribution < -0.4 is 0 Å². The Morgan fingerprint density at radius 3 is 2.33 bits per heavy atom. The van der Waals surface area contributed by atoms with E-state index in [1.807, 2.05) is 25.5 Å². The fourth-order valence-electron chi connectivity index (χ4n) is 1.84. The third kappa shape index (κ3) is 3.06. The molecule has 0 radical (unpaired) electrons. The van der Waals surface area contributed by atoms with Crippen LogP contribution >= 0.6 is 0 Å². The van der Waals surface area contributed by atoms with Crippen LogP contribution in [0.5, 0.6) is 0 Å². The number of aliphatic hydroxyl groups is 1. The molecule has 0 aliphatic carbocycles. The summed E-state index contributed by atoms with van der Waals surface area (Å²) in [6.45, 7) is 10.8. The van der Waals surface area contributed by atoms with Crippen molar-refractivity contribution in [3.05, 3.63) is 17.0 Å². The number of aromatic nitrogens is 2. The molecule has 0 saturated carbocycles. The molecule has 0 aromatic carbocycles. The third-order valence-electron chi connectivity index (χ3n) is 2.82. The molecule has 1 aromatic rings. The summed E-state index contributed by atoms with van der Waals surface area (Å²) >= 11 is 0. The first kappa shape index (κ1) is 12.2. The number of aryl methyl sites for hydroxylation is 2. The second-order valence-electron chi connectivity index (χ2n) is 4.79. The van der Waals surface area contributed by atoms with E-state index in [2.05, 4.69) is 18.9 Å². The maximum Gasteiger partial charge on any atom is 0.0628 e. The van der Waals surface area contributed by atoms with Crippen LogP contribution in [-0.4, -0.2) is 20.5 Å². The highest BCUT2D eigenvalue weighted by atomic mass is 16.3. The second-order valence-corrected chi connectivity index (χ2v) is 4.79. The summed E-state index contributed by atoms with van der Waals surface area (Å²) in [5.74, 6) is 0. The van der Waals surface area contributed by atoms with Crippen molar-refractivity contribution in [1.82, 2.24) is 9.78 Å². The van der Waals surface area contributed by atoms with Crippen molar-refractivity contribution in [3.63, 3.8) is 0 Å². The maximum atomic E-state index is 9.66. The highest BCUT2D eigenvalue weighted by Gasteiger charge is 2.15. The molecule has 0 aliphatic rings. The fraction of sp³-hybridized carbons (Fsp3) is 0.750. The average Bonchev–Trinajstić information content (AvgIpc) is 2.37. The van der Waals surface area contributed by atoms with Crippen LogP contribution in [0.3, 0.4) is 0 Å². The maximum absolute atomic E-state index is 9.66. The van der Waals surface area contributed by atoms with Gasteiger partial charge in [0, 0.05) is 12.2 Å². The molecular weight excluding hydrogens is 188 g/mol. The van der Waals surface area contributed by atoms with Gasteiger partial charge in [-0.3, -0.25) is 4.68 Å². The molecule has 0 aliphatic heterocycles. The highest BCUT2D eigenvalue weighted by molar-refractivity contribution is 5.24. The molecule has 0 saturated heterocycles. The highest BCUT2D eigenvalue weighted by Crippen LogP contribution is 2.16. The molecule has 1 N–H and O–H groups in total. The normalized spacial score (nSPS) is 12.1. The predicted octanol–water partition coefficient (Wildman–Crippen LogP) is 2.22. The van der Waals surface area contributed by atoms with Gasteiger partial charge < -0.3 is 5.11 Å². The number of nitrogens with zero attached hydrogens (tertiary/aromatic N) is 2. The van der Waals surface area contributed by atoms with Crippen LogP contribution in [0.25, 0.3) is 0 Å². The quantitative estimate of drug-likeness (QED) is 0.827. The smallest absolute Gasteiger partial charge is 0.0628 e. The molecule has 0 fully saturated rings. The van der Waals surface area contributed by atoms with Gasteiger partial charge in [-0.25, -0.2) is 0 Å². The first-order valence-electron chi connectivity index (χ1n) is 5.60. The molecule has 1 aromatic heterocycles. The van der Waals surface area contributed by atoms with Gasteiger partial charge in [-0.15, -0.1) is 0 Å². The van der Waals surface area contributed by atoms with Gasteiger partial charge in [0.2, 0.25) is 0 Å². The van der Waals surface area contributed by atoms with Gasteiger partial charge in [0.1, 0.15) is 0 Å². The lowest BCUT2D eigenvalue weighted by atomic mass is 10.1. The number of hydrogen-bond donors (Lipinski definition) is 1. The third-order valence-corrected chi connectivity index (χ3v) is 2.82. The summed E-state index contributed by atoms with van der Waals surface area (Å²) in [6.07, 6.45) is 1.76. The summed E-state index contributed by atoms with van der Waals surface area (Å²) in [5, 5.41) is 14.2. The SMILES string of the molecule is CCc1c(C)nn(CCC(C)(C)O)c1C. The van der Waals surface area contributed by atoms with Crippen molar-refractivity contribution in [1.29, 1.82) is 0 Å². The molecule has 0 amide bonds. The van der Waals surface area contributed by atoms with Crippen LogP contribution in [0.15, 0.2) is 0 Å². The summed E-state index contributed by atoms with van der Waals surface area (Å²) in [5.41, 5.74) is 3.08. The van der Waals surface area contributed by atoms with Gasteiger partial charge >= 0.3 is 0 Å². The Morgan fingerprint density at radius 2 is 1.93 bits per heavy atom. The molecule has 0 bridgehead atoms. The molecule has 3 heteroatoms. The second kappa shape index (κ2) is 4.35. The van der Waals surface area contributed by atoms with Crippen LogP contribution in [0.1, 0.15) is 44.1 Å². The van der Waals surface area contributed by atoms with Crippen molar-refractivity contribution in [2.45, 2.75) is 59.6 Å². The minimum Gasteiger partial charge on any atom is -0.390 e. The molecule has 1 heterocycles. The standard InChI is InChI=1S/C12H22N2O/c1-6-11-9(2)13-14(10(11)3)8-7-12(4,5)15/h15H,6-8H2,1-5H3. The molecule has 86 valence electrons. The Kier molecular flexibility index (Phi) is 3.55. The Bertz CT molecular complexity index is 334. The van der Waals surface area contributed by atoms with E-state index in [0.717, 1.165) is 25.1 Å². The Morgan fingerprint density at radius 1 is 1.33 bits per heavy atom. The Labute approximate surface area is 92.1 Å². The molecule has 1 rings (SSSR count). The van der Waals surface area contributed by atoms with E-state index >= 15 is 0 Å². The lowest BCUT2D eigenvalue weighted by Crippen LogP contribution is -2.21. The molecular formula is C12H22N2O. The van der Waals surface area contributed by atoms with E-state index in [9.17, 15) is 5.11 Å². The van der Waals surface area contributed by atoms with Gasteiger partial charge in [0.15, 0.2) is 0 Å². The summed E-state index contributed by atoms with van der Waals surface area (Å²) in [4.78, 5) is 0. The molecule has 0 unspecified atom stereocenters. The lowest BCUT2D eigenvalue weighted by molar-refractivity contribution is 0.0649. The zero-order valence-electron chi connectivity index (χ0n) is 10.5. The van der Waals surface area contributed by atoms with E-state index < -0.39 is 5.60 Å². The van der Waals surface area contributed by atoms with Crippen molar-refractivity contribution in [2.75, 3.05) is 0 Å². The zero-order chi connectivity index (χ0) is 11.6. The Balaban J connectivity index is 2.79. The average molecular weight is 210 g/mol. The first-order valence-corrected chi connectivity index (χ1v) is 5.60. The largest absolute Gasteiger partial charge is 0.390 e. The summed E-state index contributed by atoms with van der Waals surface area (Å²) < 4.78 is 2.01. The molecule has 0 spiro atoms. The van der Waals surface area contributed by atoms with E-state index in [1.165, 1.54) is 11.3 Å². The van der Waals surface area contributed by atoms with Crippen LogP contribution in [0.2, 0.25) is 0 Å². The molecule has 3 nitrogen and oxygen atoms in total. The van der Waals surface area contributed by atoms with E-state index in [0.29, 0.717) is 0 Å². The summed E-state index contributed by atoms with van der Waals surface area (Å²) in [6, 6.07) is 0. The minimum atomic E-state index is -0.612. The van der Waals surface area contributed by atoms with Gasteiger partial charge in [0.25, 0.3) is 0 Å². The zero-order valence-corrected chi connectivity index (χ0v) is 10.5. The van der Waals surface area contributed by atoms with Crippen molar-refractivity contribution >= 4 is 0 Å². The van der Waals surface area contributed by atoms with E-state index in [-0.39, 0.29) is 0 Å². The monoisotopic (exact) mass is 210 g/mol. The molecule has 15 heavy (non-hydrogen) atoms. The summed E-state index contributed by atoms with van der Waals surface area (Å²) in [7, 11) is 0. The minimum absolute atomic E-state index is 0.612. The topological polar surface area (TPSA) is 38.0 Å². The van der Waals surface area contributed by atoms with E-state index in [1.54, 1.807) is 0 Å². The first-order chi connectivity index (χ1) is 6.85. The van der Waals surface area contributed by atoms with Crippen molar-refractivity contribution in [3.8, 4) is 0 Å². The van der Waals surface area contributed by atoms with Crippen molar-refractivity contribution < 1.29 is 5.11 Å². The van der Waals surface area contributed by atoms with Gasteiger partial charge in [-0.1, -0.05) is 6.92 Å². The molecule has 0 atom stereocenters. The fourth-order valence-corrected chi connectivity index (χ4v) is 1.84. The Hall–Kier alpha value is -0.830. The van der Waals surface area contributed by atoms with Crippen LogP contribution in [-0.2, 0) is 13.0 Å². The van der Waals surface area contributed by atoms with Gasteiger partial charge in [0.05, 0.1) is 11.3 Å². The lowest BCUT2D eigenvalue weighted by Gasteiger charge is -2.17.